The van der Waals surface area contributed by atoms with E-state index in [-0.39, 0.29) is 12.5 Å². The Bertz CT molecular complexity index is 1140. The number of nitrogens with zero attached hydrogens (tertiary/aromatic N) is 2. The van der Waals surface area contributed by atoms with E-state index < -0.39 is 24.0 Å². The number of esters is 1. The van der Waals surface area contributed by atoms with Crippen LogP contribution in [-0.2, 0) is 25.7 Å². The first-order valence-electron chi connectivity index (χ1n) is 10.4. The topological polar surface area (TPSA) is 128 Å². The van der Waals surface area contributed by atoms with Gasteiger partial charge in [0.2, 0.25) is 12.0 Å². The first kappa shape index (κ1) is 21.4. The van der Waals surface area contributed by atoms with E-state index in [0.717, 1.165) is 0 Å². The Hall–Kier alpha value is -3.88. The van der Waals surface area contributed by atoms with E-state index >= 15 is 0 Å². The summed E-state index contributed by atoms with van der Waals surface area (Å²) in [5.74, 6) is -0.380. The zero-order valence-corrected chi connectivity index (χ0v) is 17.6. The molecule has 0 radical (unpaired) electrons. The van der Waals surface area contributed by atoms with E-state index in [1.807, 2.05) is 6.07 Å². The van der Waals surface area contributed by atoms with Gasteiger partial charge in [-0.05, 0) is 25.0 Å². The number of hydrogen-bond donors (Lipinski definition) is 2. The molecule has 0 aliphatic carbocycles. The van der Waals surface area contributed by atoms with Crippen LogP contribution in [0.5, 0.6) is 0 Å². The summed E-state index contributed by atoms with van der Waals surface area (Å²) in [7, 11) is 0. The first-order chi connectivity index (χ1) is 15.4. The molecule has 32 heavy (non-hydrogen) atoms. The lowest BCUT2D eigenvalue weighted by atomic mass is 10.1. The van der Waals surface area contributed by atoms with Crippen LogP contribution in [0.3, 0.4) is 0 Å². The number of aromatic nitrogens is 1. The number of fused-ring (bicyclic) bond motifs is 1. The molecule has 1 aromatic carbocycles. The normalized spacial score (nSPS) is 16.7. The molecule has 1 aliphatic heterocycles. The number of anilines is 1. The minimum absolute atomic E-state index is 0.150. The van der Waals surface area contributed by atoms with E-state index in [9.17, 15) is 14.4 Å². The molecule has 1 saturated heterocycles. The van der Waals surface area contributed by atoms with Gasteiger partial charge in [-0.2, -0.15) is 0 Å². The number of carbonyl (C=O) groups excluding carboxylic acids is 3. The summed E-state index contributed by atoms with van der Waals surface area (Å²) in [6.45, 7) is 1.82. The summed E-state index contributed by atoms with van der Waals surface area (Å²) >= 11 is 0. The molecule has 2 aromatic heterocycles. The summed E-state index contributed by atoms with van der Waals surface area (Å²) in [6, 6.07) is 11.6. The second-order valence-corrected chi connectivity index (χ2v) is 7.63. The van der Waals surface area contributed by atoms with Crippen molar-refractivity contribution in [2.24, 2.45) is 0 Å². The SMILES string of the molecule is CC(=O)O[C@H](C(=O)N1CCC[C@H]1C(=O)NCc1cc2c(N)nccc2o1)c1ccccc1. The molecule has 0 saturated carbocycles. The van der Waals surface area contributed by atoms with Crippen molar-refractivity contribution in [1.29, 1.82) is 0 Å². The molecular weight excluding hydrogens is 412 g/mol. The highest BCUT2D eigenvalue weighted by Gasteiger charge is 2.38. The van der Waals surface area contributed by atoms with Crippen LogP contribution in [-0.4, -0.2) is 40.3 Å². The predicted octanol–water partition coefficient (Wildman–Crippen LogP) is 2.32. The molecule has 3 aromatic rings. The van der Waals surface area contributed by atoms with E-state index in [1.165, 1.54) is 11.8 Å². The average Bonchev–Trinajstić information content (AvgIpc) is 3.44. The number of nitrogens with one attached hydrogen (secondary N) is 1. The zero-order chi connectivity index (χ0) is 22.7. The molecule has 2 amide bonds. The van der Waals surface area contributed by atoms with Gasteiger partial charge < -0.3 is 25.1 Å². The van der Waals surface area contributed by atoms with Gasteiger partial charge in [-0.25, -0.2) is 4.98 Å². The van der Waals surface area contributed by atoms with Crippen LogP contribution < -0.4 is 11.1 Å². The van der Waals surface area contributed by atoms with Gasteiger partial charge in [0.25, 0.3) is 5.91 Å². The molecule has 166 valence electrons. The van der Waals surface area contributed by atoms with Gasteiger partial charge in [0.1, 0.15) is 23.2 Å². The third-order valence-corrected chi connectivity index (χ3v) is 5.41. The summed E-state index contributed by atoms with van der Waals surface area (Å²) < 4.78 is 11.0. The number of amides is 2. The molecule has 9 nitrogen and oxygen atoms in total. The third kappa shape index (κ3) is 4.41. The number of rotatable bonds is 6. The summed E-state index contributed by atoms with van der Waals surface area (Å²) in [5, 5.41) is 3.51. The Kier molecular flexibility index (Phi) is 6.07. The number of carbonyl (C=O) groups is 3. The Balaban J connectivity index is 1.46. The number of furan rings is 1. The van der Waals surface area contributed by atoms with Crippen molar-refractivity contribution in [3.63, 3.8) is 0 Å². The molecule has 0 unspecified atom stereocenters. The lowest BCUT2D eigenvalue weighted by Gasteiger charge is -2.28. The molecule has 0 spiro atoms. The smallest absolute Gasteiger partial charge is 0.303 e. The van der Waals surface area contributed by atoms with Crippen LogP contribution in [0.15, 0.2) is 53.1 Å². The van der Waals surface area contributed by atoms with Crippen LogP contribution in [0, 0.1) is 0 Å². The molecule has 0 bridgehead atoms. The van der Waals surface area contributed by atoms with Crippen molar-refractivity contribution in [2.45, 2.75) is 38.5 Å². The van der Waals surface area contributed by atoms with Crippen molar-refractivity contribution in [3.8, 4) is 0 Å². The largest absolute Gasteiger partial charge is 0.459 e. The maximum Gasteiger partial charge on any atom is 0.303 e. The van der Waals surface area contributed by atoms with Crippen LogP contribution in [0.4, 0.5) is 5.82 Å². The highest BCUT2D eigenvalue weighted by Crippen LogP contribution is 2.27. The minimum Gasteiger partial charge on any atom is -0.459 e. The molecule has 9 heteroatoms. The van der Waals surface area contributed by atoms with Gasteiger partial charge in [-0.1, -0.05) is 30.3 Å². The number of ether oxygens (including phenoxy) is 1. The second-order valence-electron chi connectivity index (χ2n) is 7.63. The minimum atomic E-state index is -1.09. The second kappa shape index (κ2) is 9.09. The number of nitrogens with two attached hydrogens (primary N) is 1. The number of benzene rings is 1. The van der Waals surface area contributed by atoms with Crippen LogP contribution in [0.2, 0.25) is 0 Å². The van der Waals surface area contributed by atoms with E-state index in [4.69, 9.17) is 14.9 Å². The van der Waals surface area contributed by atoms with Crippen LogP contribution in [0.25, 0.3) is 11.0 Å². The van der Waals surface area contributed by atoms with Gasteiger partial charge >= 0.3 is 5.97 Å². The lowest BCUT2D eigenvalue weighted by molar-refractivity contribution is -0.160. The number of pyridine rings is 1. The fourth-order valence-electron chi connectivity index (χ4n) is 3.92. The Labute approximate surface area is 184 Å². The van der Waals surface area contributed by atoms with Crippen LogP contribution >= 0.6 is 0 Å². The maximum absolute atomic E-state index is 13.3. The molecule has 2 atom stereocenters. The van der Waals surface area contributed by atoms with Gasteiger partial charge in [-0.15, -0.1) is 0 Å². The Morgan fingerprint density at radius 3 is 2.78 bits per heavy atom. The highest BCUT2D eigenvalue weighted by atomic mass is 16.5. The van der Waals surface area contributed by atoms with Gasteiger partial charge in [0, 0.05) is 25.2 Å². The van der Waals surface area contributed by atoms with Crippen molar-refractivity contribution in [1.82, 2.24) is 15.2 Å². The third-order valence-electron chi connectivity index (χ3n) is 5.41. The average molecular weight is 436 g/mol. The maximum atomic E-state index is 13.3. The fourth-order valence-corrected chi connectivity index (χ4v) is 3.92. The zero-order valence-electron chi connectivity index (χ0n) is 17.6. The standard InChI is InChI=1S/C23H24N4O5/c1-14(28)31-20(15-6-3-2-4-7-15)23(30)27-11-5-8-18(27)22(29)26-13-16-12-17-19(32-16)9-10-25-21(17)24/h2-4,6-7,9-10,12,18,20H,5,8,11,13H2,1H3,(H2,24,25)(H,26,29)/t18-,20-/m0/s1. The van der Waals surface area contributed by atoms with Gasteiger partial charge in [0.15, 0.2) is 0 Å². The molecule has 3 N–H and O–H groups in total. The van der Waals surface area contributed by atoms with E-state index in [2.05, 4.69) is 10.3 Å². The predicted molar refractivity (Wildman–Crippen MR) is 116 cm³/mol. The molecule has 1 fully saturated rings. The van der Waals surface area contributed by atoms with Crippen molar-refractivity contribution in [2.75, 3.05) is 12.3 Å². The monoisotopic (exact) mass is 436 g/mol. The highest BCUT2D eigenvalue weighted by molar-refractivity contribution is 5.91. The number of likely N-dealkylation sites (tertiary alicyclic amines) is 1. The van der Waals surface area contributed by atoms with E-state index in [1.54, 1.807) is 42.6 Å². The van der Waals surface area contributed by atoms with Gasteiger partial charge in [-0.3, -0.25) is 14.4 Å². The molecule has 4 rings (SSSR count). The summed E-state index contributed by atoms with van der Waals surface area (Å²) in [4.78, 5) is 43.3. The number of hydrogen-bond acceptors (Lipinski definition) is 7. The number of nitrogen functional groups attached to an aromatic ring is 1. The first-order valence-corrected chi connectivity index (χ1v) is 10.4. The van der Waals surface area contributed by atoms with Crippen LogP contribution in [0.1, 0.15) is 37.2 Å². The fraction of sp³-hybridized carbons (Fsp3) is 0.304. The lowest BCUT2D eigenvalue weighted by Crippen LogP contribution is -2.47. The van der Waals surface area contributed by atoms with Gasteiger partial charge in [0.05, 0.1) is 11.9 Å². The molecule has 1 aliphatic rings. The molecule has 3 heterocycles. The Morgan fingerprint density at radius 1 is 1.28 bits per heavy atom. The summed E-state index contributed by atoms with van der Waals surface area (Å²) in [6.07, 6.45) is 1.67. The van der Waals surface area contributed by atoms with Crippen molar-refractivity contribution < 1.29 is 23.5 Å². The van der Waals surface area contributed by atoms with Crippen molar-refractivity contribution in [3.05, 3.63) is 60.0 Å². The quantitative estimate of drug-likeness (QED) is 0.568. The molecular formula is C23H24N4O5. The Morgan fingerprint density at radius 2 is 2.06 bits per heavy atom. The van der Waals surface area contributed by atoms with E-state index in [0.29, 0.717) is 47.5 Å². The van der Waals surface area contributed by atoms with Crippen molar-refractivity contribution >= 4 is 34.6 Å². The summed E-state index contributed by atoms with van der Waals surface area (Å²) in [5.41, 5.74) is 7.00.